The minimum atomic E-state index is 0.147. The molecule has 0 fully saturated rings. The SMILES string of the molecule is CP1SC(C(C)(C)C)=PC1C(C)(C)C. The molecule has 1 heterocycles. The lowest BCUT2D eigenvalue weighted by Crippen LogP contribution is -2.17. The lowest BCUT2D eigenvalue weighted by molar-refractivity contribution is 0.456. The Morgan fingerprint density at radius 2 is 1.64 bits per heavy atom. The van der Waals surface area contributed by atoms with Gasteiger partial charge in [-0.15, -0.1) is 0 Å². The van der Waals surface area contributed by atoms with Crippen LogP contribution < -0.4 is 0 Å². The van der Waals surface area contributed by atoms with Gasteiger partial charge in [-0.3, -0.25) is 0 Å². The van der Waals surface area contributed by atoms with Crippen LogP contribution in [-0.4, -0.2) is 16.7 Å². The summed E-state index contributed by atoms with van der Waals surface area (Å²) in [5.74, 6) is 0. The molecule has 82 valence electrons. The fourth-order valence-corrected chi connectivity index (χ4v) is 11.3. The molecule has 2 atom stereocenters. The highest BCUT2D eigenvalue weighted by Gasteiger charge is 2.37. The fourth-order valence-electron chi connectivity index (χ4n) is 1.47. The second kappa shape index (κ2) is 4.08. The molecular formula is C11H22P2S. The molecule has 0 bridgehead atoms. The molecule has 0 nitrogen and oxygen atoms in total. The molecule has 0 saturated heterocycles. The van der Waals surface area contributed by atoms with Gasteiger partial charge in [0.25, 0.3) is 0 Å². The molecule has 0 aromatic rings. The first-order chi connectivity index (χ1) is 6.12. The van der Waals surface area contributed by atoms with E-state index in [2.05, 4.69) is 59.6 Å². The molecule has 1 aliphatic rings. The summed E-state index contributed by atoms with van der Waals surface area (Å²) >= 11 is 2.18. The summed E-state index contributed by atoms with van der Waals surface area (Å²) in [6.45, 7) is 16.6. The number of hydrogen-bond donors (Lipinski definition) is 0. The van der Waals surface area contributed by atoms with Crippen LogP contribution in [0.15, 0.2) is 0 Å². The van der Waals surface area contributed by atoms with Crippen molar-refractivity contribution in [3.63, 3.8) is 0 Å². The van der Waals surface area contributed by atoms with Gasteiger partial charge in [-0.25, -0.2) is 0 Å². The van der Waals surface area contributed by atoms with E-state index in [1.54, 1.807) is 12.8 Å². The van der Waals surface area contributed by atoms with E-state index in [1.807, 2.05) is 0 Å². The smallest absolute Gasteiger partial charge is 0.0360 e. The Balaban J connectivity index is 2.88. The largest absolute Gasteiger partial charge is 0.0971 e. The number of rotatable bonds is 0. The van der Waals surface area contributed by atoms with Crippen LogP contribution in [0.5, 0.6) is 0 Å². The third kappa shape index (κ3) is 2.97. The third-order valence-corrected chi connectivity index (χ3v) is 11.6. The van der Waals surface area contributed by atoms with Gasteiger partial charge >= 0.3 is 0 Å². The summed E-state index contributed by atoms with van der Waals surface area (Å²) in [5, 5.41) is 0.886. The molecule has 2 unspecified atom stereocenters. The van der Waals surface area contributed by atoms with Gasteiger partial charge in [0.15, 0.2) is 0 Å². The van der Waals surface area contributed by atoms with Crippen LogP contribution in [0.1, 0.15) is 41.5 Å². The molecule has 0 aliphatic carbocycles. The Bertz CT molecular complexity index is 245. The monoisotopic (exact) mass is 248 g/mol. The van der Waals surface area contributed by atoms with Crippen LogP contribution in [0.2, 0.25) is 0 Å². The van der Waals surface area contributed by atoms with Crippen molar-refractivity contribution in [2.45, 2.75) is 46.9 Å². The molecule has 14 heavy (non-hydrogen) atoms. The summed E-state index contributed by atoms with van der Waals surface area (Å²) in [6, 6.07) is 0. The van der Waals surface area contributed by atoms with Crippen LogP contribution >= 0.6 is 26.7 Å². The molecule has 0 N–H and O–H groups in total. The summed E-state index contributed by atoms with van der Waals surface area (Å²) in [6.07, 6.45) is 0. The van der Waals surface area contributed by atoms with Gasteiger partial charge < -0.3 is 0 Å². The van der Waals surface area contributed by atoms with E-state index in [9.17, 15) is 0 Å². The number of hydrogen-bond acceptors (Lipinski definition) is 1. The molecule has 0 spiro atoms. The fraction of sp³-hybridized carbons (Fsp3) is 0.909. The third-order valence-electron chi connectivity index (χ3n) is 2.23. The Morgan fingerprint density at radius 3 is 1.86 bits per heavy atom. The molecule has 3 heteroatoms. The van der Waals surface area contributed by atoms with Gasteiger partial charge in [0, 0.05) is 10.0 Å². The Morgan fingerprint density at radius 1 is 1.14 bits per heavy atom. The second-order valence-electron chi connectivity index (χ2n) is 6.06. The van der Waals surface area contributed by atoms with E-state index < -0.39 is 0 Å². The predicted molar refractivity (Wildman–Crippen MR) is 75.1 cm³/mol. The van der Waals surface area contributed by atoms with Crippen LogP contribution in [0, 0.1) is 10.8 Å². The quantitative estimate of drug-likeness (QED) is 0.527. The Hall–Kier alpha value is 0.950. The molecule has 0 aromatic carbocycles. The van der Waals surface area contributed by atoms with Crippen molar-refractivity contribution in [3.05, 3.63) is 0 Å². The van der Waals surface area contributed by atoms with E-state index in [0.29, 0.717) is 10.8 Å². The van der Waals surface area contributed by atoms with Crippen molar-refractivity contribution >= 4 is 31.3 Å². The van der Waals surface area contributed by atoms with Gasteiger partial charge in [0.2, 0.25) is 0 Å². The maximum atomic E-state index is 2.45. The average molecular weight is 248 g/mol. The van der Waals surface area contributed by atoms with Gasteiger partial charge in [0.05, 0.1) is 0 Å². The molecule has 0 radical (unpaired) electrons. The van der Waals surface area contributed by atoms with Crippen molar-refractivity contribution in [2.24, 2.45) is 10.8 Å². The molecule has 0 aromatic heterocycles. The first-order valence-corrected chi connectivity index (χ1v) is 9.36. The van der Waals surface area contributed by atoms with Crippen LogP contribution in [0.4, 0.5) is 0 Å². The highest BCUT2D eigenvalue weighted by molar-refractivity contribution is 8.67. The zero-order chi connectivity index (χ0) is 11.1. The zero-order valence-electron chi connectivity index (χ0n) is 10.4. The summed E-state index contributed by atoms with van der Waals surface area (Å²) in [5.41, 5.74) is 0.866. The van der Waals surface area contributed by atoms with Crippen LogP contribution in [0.3, 0.4) is 0 Å². The summed E-state index contributed by atoms with van der Waals surface area (Å²) in [7, 11) is 1.76. The first-order valence-electron chi connectivity index (χ1n) is 5.11. The maximum Gasteiger partial charge on any atom is 0.0360 e. The van der Waals surface area contributed by atoms with Gasteiger partial charge in [-0.2, -0.15) is 0 Å². The van der Waals surface area contributed by atoms with Gasteiger partial charge in [0.1, 0.15) is 0 Å². The van der Waals surface area contributed by atoms with E-state index in [1.165, 1.54) is 0 Å². The highest BCUT2D eigenvalue weighted by atomic mass is 32.7. The average Bonchev–Trinajstić information content (AvgIpc) is 2.27. The van der Waals surface area contributed by atoms with Gasteiger partial charge in [-0.05, 0) is 24.6 Å². The van der Waals surface area contributed by atoms with Crippen LogP contribution in [-0.2, 0) is 0 Å². The van der Waals surface area contributed by atoms with E-state index in [4.69, 9.17) is 0 Å². The van der Waals surface area contributed by atoms with Crippen LogP contribution in [0.25, 0.3) is 0 Å². The van der Waals surface area contributed by atoms with Crippen molar-refractivity contribution in [1.82, 2.24) is 0 Å². The van der Waals surface area contributed by atoms with E-state index in [-0.39, 0.29) is 7.12 Å². The molecule has 0 amide bonds. The van der Waals surface area contributed by atoms with E-state index in [0.717, 1.165) is 5.40 Å². The lowest BCUT2D eigenvalue weighted by Gasteiger charge is -2.28. The second-order valence-corrected chi connectivity index (χ2v) is 12.5. The standard InChI is InChI=1S/C11H22P2S/c1-10(2,3)8-12-9(11(4,5)6)14-13(8)7/h8H,1-7H3. The predicted octanol–water partition coefficient (Wildman–Crippen LogP) is 5.25. The topological polar surface area (TPSA) is 0 Å². The lowest BCUT2D eigenvalue weighted by atomic mass is 10.00. The highest BCUT2D eigenvalue weighted by Crippen LogP contribution is 2.68. The normalized spacial score (nSPS) is 30.4. The Labute approximate surface area is 95.9 Å². The molecule has 0 saturated carbocycles. The van der Waals surface area contributed by atoms with Gasteiger partial charge in [-0.1, -0.05) is 61.1 Å². The maximum absolute atomic E-state index is 2.45. The van der Waals surface area contributed by atoms with Crippen molar-refractivity contribution in [3.8, 4) is 0 Å². The minimum Gasteiger partial charge on any atom is -0.0971 e. The van der Waals surface area contributed by atoms with E-state index >= 15 is 0 Å². The van der Waals surface area contributed by atoms with Crippen molar-refractivity contribution in [2.75, 3.05) is 6.66 Å². The van der Waals surface area contributed by atoms with Crippen molar-refractivity contribution in [1.29, 1.82) is 0 Å². The Kier molecular flexibility index (Phi) is 3.79. The zero-order valence-corrected chi connectivity index (χ0v) is 13.0. The molecule has 1 rings (SSSR count). The minimum absolute atomic E-state index is 0.147. The summed E-state index contributed by atoms with van der Waals surface area (Å²) < 4.78 is 1.70. The molecule has 1 aliphatic heterocycles. The molecular weight excluding hydrogens is 226 g/mol. The first kappa shape index (κ1) is 13.0. The summed E-state index contributed by atoms with van der Waals surface area (Å²) in [4.78, 5) is 0. The van der Waals surface area contributed by atoms with Crippen molar-refractivity contribution < 1.29 is 0 Å².